The van der Waals surface area contributed by atoms with E-state index in [9.17, 15) is 10.1 Å². The number of pyridine rings is 1. The van der Waals surface area contributed by atoms with Crippen molar-refractivity contribution in [3.8, 4) is 0 Å². The number of hydrogen-bond donors (Lipinski definition) is 0. The smallest absolute Gasteiger partial charge is 0.311 e. The normalized spacial score (nSPS) is 15.4. The molecule has 1 saturated heterocycles. The first-order valence-corrected chi connectivity index (χ1v) is 7.79. The molecule has 0 atom stereocenters. The molecule has 6 nitrogen and oxygen atoms in total. The van der Waals surface area contributed by atoms with Crippen LogP contribution in [0.2, 0.25) is 0 Å². The third-order valence-corrected chi connectivity index (χ3v) is 4.44. The molecule has 0 radical (unpaired) electrons. The highest BCUT2D eigenvalue weighted by molar-refractivity contribution is 5.57. The second kappa shape index (κ2) is 6.64. The third-order valence-electron chi connectivity index (χ3n) is 4.44. The van der Waals surface area contributed by atoms with Crippen molar-refractivity contribution in [2.24, 2.45) is 0 Å². The summed E-state index contributed by atoms with van der Waals surface area (Å²) < 4.78 is 0. The van der Waals surface area contributed by atoms with Gasteiger partial charge in [0, 0.05) is 44.1 Å². The fraction of sp³-hybridized carbons (Fsp3) is 0.353. The molecule has 0 amide bonds. The topological polar surface area (TPSA) is 62.5 Å². The van der Waals surface area contributed by atoms with E-state index in [2.05, 4.69) is 29.1 Å². The van der Waals surface area contributed by atoms with E-state index in [1.807, 2.05) is 23.1 Å². The number of rotatable bonds is 4. The summed E-state index contributed by atoms with van der Waals surface area (Å²) in [5.41, 5.74) is 1.29. The average Bonchev–Trinajstić information content (AvgIpc) is 2.62. The summed E-state index contributed by atoms with van der Waals surface area (Å²) in [6.07, 6.45) is 3.53. The van der Waals surface area contributed by atoms with Gasteiger partial charge in [0.05, 0.1) is 4.92 Å². The van der Waals surface area contributed by atoms with Gasteiger partial charge in [-0.15, -0.1) is 0 Å². The molecule has 2 heterocycles. The van der Waals surface area contributed by atoms with Gasteiger partial charge in [0.15, 0.2) is 0 Å². The molecule has 1 fully saturated rings. The van der Waals surface area contributed by atoms with Crippen LogP contribution in [0.25, 0.3) is 0 Å². The quantitative estimate of drug-likeness (QED) is 0.641. The summed E-state index contributed by atoms with van der Waals surface area (Å²) in [5, 5.41) is 11.2. The Hall–Kier alpha value is -2.63. The van der Waals surface area contributed by atoms with Gasteiger partial charge in [0.25, 0.3) is 0 Å². The first-order valence-electron chi connectivity index (χ1n) is 7.79. The maximum absolute atomic E-state index is 11.2. The van der Waals surface area contributed by atoms with E-state index in [4.69, 9.17) is 0 Å². The molecule has 0 aliphatic carbocycles. The van der Waals surface area contributed by atoms with Gasteiger partial charge in [-0.05, 0) is 31.0 Å². The van der Waals surface area contributed by atoms with Crippen LogP contribution in [-0.2, 0) is 0 Å². The Morgan fingerprint density at radius 2 is 1.87 bits per heavy atom. The molecule has 1 aromatic heterocycles. The van der Waals surface area contributed by atoms with Gasteiger partial charge in [0.1, 0.15) is 0 Å². The van der Waals surface area contributed by atoms with Crippen molar-refractivity contribution < 1.29 is 4.92 Å². The lowest BCUT2D eigenvalue weighted by molar-refractivity contribution is -0.384. The fourth-order valence-corrected chi connectivity index (χ4v) is 3.11. The summed E-state index contributed by atoms with van der Waals surface area (Å²) in [6, 6.07) is 13.9. The number of nitro groups is 1. The van der Waals surface area contributed by atoms with Gasteiger partial charge in [-0.3, -0.25) is 10.1 Å². The maximum atomic E-state index is 11.2. The zero-order valence-corrected chi connectivity index (χ0v) is 13.1. The third kappa shape index (κ3) is 3.26. The summed E-state index contributed by atoms with van der Waals surface area (Å²) in [7, 11) is 2.11. The van der Waals surface area contributed by atoms with Crippen LogP contribution in [0.3, 0.4) is 0 Å². The molecular weight excluding hydrogens is 292 g/mol. The summed E-state index contributed by atoms with van der Waals surface area (Å²) >= 11 is 0. The Morgan fingerprint density at radius 3 is 2.52 bits per heavy atom. The largest absolute Gasteiger partial charge is 0.371 e. The number of benzene rings is 1. The van der Waals surface area contributed by atoms with E-state index in [0.717, 1.165) is 25.9 Å². The lowest BCUT2D eigenvalue weighted by Crippen LogP contribution is -2.44. The van der Waals surface area contributed by atoms with Crippen LogP contribution in [0, 0.1) is 10.1 Å². The van der Waals surface area contributed by atoms with Crippen LogP contribution in [0.5, 0.6) is 0 Å². The lowest BCUT2D eigenvalue weighted by atomic mass is 10.0. The van der Waals surface area contributed by atoms with Gasteiger partial charge in [0.2, 0.25) is 5.82 Å². The van der Waals surface area contributed by atoms with Crippen LogP contribution in [-0.4, -0.2) is 36.1 Å². The molecule has 1 aliphatic rings. The Balaban J connectivity index is 1.68. The SMILES string of the molecule is CN(c1ccccc1)C1CCN(c2ncccc2[N+](=O)[O-])CC1. The van der Waals surface area contributed by atoms with Crippen LogP contribution >= 0.6 is 0 Å². The molecule has 0 unspecified atom stereocenters. The van der Waals surface area contributed by atoms with Crippen LogP contribution in [0.15, 0.2) is 48.7 Å². The second-order valence-corrected chi connectivity index (χ2v) is 5.77. The minimum absolute atomic E-state index is 0.0855. The molecule has 120 valence electrons. The Labute approximate surface area is 135 Å². The van der Waals surface area contributed by atoms with Crippen LogP contribution in [0.4, 0.5) is 17.2 Å². The van der Waals surface area contributed by atoms with Crippen molar-refractivity contribution in [3.63, 3.8) is 0 Å². The average molecular weight is 312 g/mol. The molecule has 6 heteroatoms. The monoisotopic (exact) mass is 312 g/mol. The van der Waals surface area contributed by atoms with Crippen LogP contribution in [0.1, 0.15) is 12.8 Å². The number of piperidine rings is 1. The highest BCUT2D eigenvalue weighted by Gasteiger charge is 2.27. The molecule has 0 N–H and O–H groups in total. The zero-order chi connectivity index (χ0) is 16.2. The fourth-order valence-electron chi connectivity index (χ4n) is 3.11. The van der Waals surface area contributed by atoms with Gasteiger partial charge in [-0.25, -0.2) is 4.98 Å². The number of anilines is 2. The minimum Gasteiger partial charge on any atom is -0.371 e. The van der Waals surface area contributed by atoms with Gasteiger partial charge >= 0.3 is 5.69 Å². The molecule has 3 rings (SSSR count). The highest BCUT2D eigenvalue weighted by Crippen LogP contribution is 2.29. The summed E-state index contributed by atoms with van der Waals surface area (Å²) in [6.45, 7) is 1.55. The van der Waals surface area contributed by atoms with Crippen LogP contribution < -0.4 is 9.80 Å². The van der Waals surface area contributed by atoms with Gasteiger partial charge in [-0.1, -0.05) is 18.2 Å². The predicted molar refractivity (Wildman–Crippen MR) is 91.0 cm³/mol. The first kappa shape index (κ1) is 15.3. The molecule has 0 spiro atoms. The van der Waals surface area contributed by atoms with E-state index < -0.39 is 0 Å². The van der Waals surface area contributed by atoms with E-state index in [0.29, 0.717) is 11.9 Å². The molecule has 1 aliphatic heterocycles. The first-order chi connectivity index (χ1) is 11.2. The number of aromatic nitrogens is 1. The Morgan fingerprint density at radius 1 is 1.17 bits per heavy atom. The summed E-state index contributed by atoms with van der Waals surface area (Å²) in [4.78, 5) is 19.3. The second-order valence-electron chi connectivity index (χ2n) is 5.77. The molecule has 2 aromatic rings. The van der Waals surface area contributed by atoms with E-state index in [1.54, 1.807) is 12.3 Å². The van der Waals surface area contributed by atoms with Gasteiger partial charge in [-0.2, -0.15) is 0 Å². The standard InChI is InChI=1S/C17H20N4O2/c1-19(14-6-3-2-4-7-14)15-9-12-20(13-10-15)17-16(21(22)23)8-5-11-18-17/h2-8,11,15H,9-10,12-13H2,1H3. The van der Waals surface area contributed by atoms with Crippen molar-refractivity contribution in [3.05, 3.63) is 58.8 Å². The minimum atomic E-state index is -0.357. The van der Waals surface area contributed by atoms with E-state index >= 15 is 0 Å². The van der Waals surface area contributed by atoms with Crippen molar-refractivity contribution >= 4 is 17.2 Å². The number of nitrogens with zero attached hydrogens (tertiary/aromatic N) is 4. The van der Waals surface area contributed by atoms with E-state index in [-0.39, 0.29) is 10.6 Å². The Kier molecular flexibility index (Phi) is 4.41. The molecule has 0 bridgehead atoms. The van der Waals surface area contributed by atoms with Crippen molar-refractivity contribution in [2.75, 3.05) is 29.9 Å². The molecule has 1 aromatic carbocycles. The molecule has 23 heavy (non-hydrogen) atoms. The van der Waals surface area contributed by atoms with Crippen molar-refractivity contribution in [2.45, 2.75) is 18.9 Å². The molecular formula is C17H20N4O2. The maximum Gasteiger partial charge on any atom is 0.311 e. The number of para-hydroxylation sites is 1. The lowest BCUT2D eigenvalue weighted by Gasteiger charge is -2.38. The Bertz CT molecular complexity index is 669. The summed E-state index contributed by atoms with van der Waals surface area (Å²) in [5.74, 6) is 0.485. The zero-order valence-electron chi connectivity index (χ0n) is 13.1. The van der Waals surface area contributed by atoms with Gasteiger partial charge < -0.3 is 9.80 Å². The van der Waals surface area contributed by atoms with Crippen molar-refractivity contribution in [1.29, 1.82) is 0 Å². The van der Waals surface area contributed by atoms with Crippen molar-refractivity contribution in [1.82, 2.24) is 4.98 Å². The highest BCUT2D eigenvalue weighted by atomic mass is 16.6. The molecule has 0 saturated carbocycles. The van der Waals surface area contributed by atoms with E-state index in [1.165, 1.54) is 11.8 Å². The predicted octanol–water partition coefficient (Wildman–Crippen LogP) is 3.10. The number of hydrogen-bond acceptors (Lipinski definition) is 5.